The van der Waals surface area contributed by atoms with E-state index in [0.717, 1.165) is 31.7 Å². The molecule has 1 heterocycles. The zero-order valence-electron chi connectivity index (χ0n) is 10.6. The van der Waals surface area contributed by atoms with Crippen molar-refractivity contribution in [3.63, 3.8) is 0 Å². The molecule has 0 amide bonds. The van der Waals surface area contributed by atoms with Crippen molar-refractivity contribution in [2.24, 2.45) is 0 Å². The summed E-state index contributed by atoms with van der Waals surface area (Å²) in [5.41, 5.74) is 2.19. The van der Waals surface area contributed by atoms with E-state index in [1.54, 1.807) is 6.92 Å². The van der Waals surface area contributed by atoms with Gasteiger partial charge >= 0.3 is 0 Å². The van der Waals surface area contributed by atoms with Crippen LogP contribution in [-0.4, -0.2) is 30.9 Å². The molecule has 2 atom stereocenters. The quantitative estimate of drug-likeness (QED) is 0.873. The van der Waals surface area contributed by atoms with Gasteiger partial charge in [-0.3, -0.25) is 0 Å². The standard InChI is InChI=1S/C14H21NO2/c1-3-14-10-15(8-9-17-14)13-6-4-12(5-7-13)11(2)16/h4-7,11,14,16H,3,8-10H2,1-2H3/t11-,14?/m1/s1. The Morgan fingerprint density at radius 1 is 1.41 bits per heavy atom. The fraction of sp³-hybridized carbons (Fsp3) is 0.571. The minimum absolute atomic E-state index is 0.347. The van der Waals surface area contributed by atoms with E-state index in [9.17, 15) is 5.11 Å². The van der Waals surface area contributed by atoms with E-state index in [1.165, 1.54) is 5.69 Å². The number of anilines is 1. The van der Waals surface area contributed by atoms with Gasteiger partial charge in [0, 0.05) is 18.8 Å². The van der Waals surface area contributed by atoms with Gasteiger partial charge in [-0.25, -0.2) is 0 Å². The Balaban J connectivity index is 2.06. The summed E-state index contributed by atoms with van der Waals surface area (Å²) in [6.07, 6.45) is 1.01. The summed E-state index contributed by atoms with van der Waals surface area (Å²) in [4.78, 5) is 2.35. The van der Waals surface area contributed by atoms with Crippen molar-refractivity contribution >= 4 is 5.69 Å². The number of morpholine rings is 1. The first-order valence-corrected chi connectivity index (χ1v) is 6.35. The van der Waals surface area contributed by atoms with Gasteiger partial charge in [0.2, 0.25) is 0 Å². The van der Waals surface area contributed by atoms with Gasteiger partial charge in [0.05, 0.1) is 18.8 Å². The summed E-state index contributed by atoms with van der Waals surface area (Å²) in [7, 11) is 0. The van der Waals surface area contributed by atoms with Gasteiger partial charge in [-0.15, -0.1) is 0 Å². The van der Waals surface area contributed by atoms with Crippen molar-refractivity contribution in [3.05, 3.63) is 29.8 Å². The van der Waals surface area contributed by atoms with Crippen LogP contribution < -0.4 is 4.90 Å². The van der Waals surface area contributed by atoms with Crippen molar-refractivity contribution in [2.45, 2.75) is 32.5 Å². The van der Waals surface area contributed by atoms with Crippen molar-refractivity contribution in [1.82, 2.24) is 0 Å². The Bertz CT molecular complexity index is 348. The SMILES string of the molecule is CCC1CN(c2ccc([C@@H](C)O)cc2)CCO1. The fourth-order valence-corrected chi connectivity index (χ4v) is 2.16. The third kappa shape index (κ3) is 2.99. The highest BCUT2D eigenvalue weighted by molar-refractivity contribution is 5.48. The van der Waals surface area contributed by atoms with Gasteiger partial charge in [-0.1, -0.05) is 19.1 Å². The van der Waals surface area contributed by atoms with E-state index in [0.29, 0.717) is 6.10 Å². The van der Waals surface area contributed by atoms with Crippen molar-refractivity contribution in [1.29, 1.82) is 0 Å². The van der Waals surface area contributed by atoms with Gasteiger partial charge in [0.1, 0.15) is 0 Å². The molecule has 1 aromatic rings. The normalized spacial score (nSPS) is 22.5. The van der Waals surface area contributed by atoms with E-state index in [2.05, 4.69) is 24.0 Å². The van der Waals surface area contributed by atoms with Crippen LogP contribution in [0.4, 0.5) is 5.69 Å². The predicted molar refractivity (Wildman–Crippen MR) is 69.3 cm³/mol. The predicted octanol–water partition coefficient (Wildman–Crippen LogP) is 2.36. The number of nitrogens with zero attached hydrogens (tertiary/aromatic N) is 1. The second kappa shape index (κ2) is 5.52. The molecule has 1 aliphatic heterocycles. The fourth-order valence-electron chi connectivity index (χ4n) is 2.16. The molecule has 1 fully saturated rings. The second-order valence-corrected chi connectivity index (χ2v) is 4.61. The van der Waals surface area contributed by atoms with E-state index in [4.69, 9.17) is 4.74 Å². The number of rotatable bonds is 3. The number of hydrogen-bond acceptors (Lipinski definition) is 3. The van der Waals surface area contributed by atoms with Crippen LogP contribution in [0.15, 0.2) is 24.3 Å². The van der Waals surface area contributed by atoms with Gasteiger partial charge in [-0.05, 0) is 31.0 Å². The number of ether oxygens (including phenoxy) is 1. The van der Waals surface area contributed by atoms with Crippen LogP contribution >= 0.6 is 0 Å². The molecule has 0 aromatic heterocycles. The number of aliphatic hydroxyl groups is 1. The summed E-state index contributed by atoms with van der Waals surface area (Å²) in [6.45, 7) is 6.66. The highest BCUT2D eigenvalue weighted by Gasteiger charge is 2.19. The van der Waals surface area contributed by atoms with Crippen LogP contribution in [0.5, 0.6) is 0 Å². The van der Waals surface area contributed by atoms with E-state index in [-0.39, 0.29) is 0 Å². The highest BCUT2D eigenvalue weighted by atomic mass is 16.5. The topological polar surface area (TPSA) is 32.7 Å². The van der Waals surface area contributed by atoms with Crippen molar-refractivity contribution < 1.29 is 9.84 Å². The van der Waals surface area contributed by atoms with Crippen molar-refractivity contribution in [3.8, 4) is 0 Å². The van der Waals surface area contributed by atoms with Crippen LogP contribution in [0.3, 0.4) is 0 Å². The van der Waals surface area contributed by atoms with E-state index >= 15 is 0 Å². The van der Waals surface area contributed by atoms with Crippen LogP contribution in [0.2, 0.25) is 0 Å². The summed E-state index contributed by atoms with van der Waals surface area (Å²) in [5, 5.41) is 9.47. The average Bonchev–Trinajstić information content (AvgIpc) is 2.39. The molecule has 1 N–H and O–H groups in total. The zero-order chi connectivity index (χ0) is 12.3. The van der Waals surface area contributed by atoms with Crippen LogP contribution in [0.25, 0.3) is 0 Å². The maximum absolute atomic E-state index is 9.47. The molecule has 17 heavy (non-hydrogen) atoms. The summed E-state index contributed by atoms with van der Waals surface area (Å²) in [5.74, 6) is 0. The van der Waals surface area contributed by atoms with Gasteiger partial charge < -0.3 is 14.7 Å². The highest BCUT2D eigenvalue weighted by Crippen LogP contribution is 2.21. The molecule has 3 heteroatoms. The first-order valence-electron chi connectivity index (χ1n) is 6.35. The molecule has 1 aliphatic rings. The number of aliphatic hydroxyl groups excluding tert-OH is 1. The molecule has 1 aromatic carbocycles. The summed E-state index contributed by atoms with van der Waals surface area (Å²) < 4.78 is 5.66. The molecule has 1 unspecified atom stereocenters. The monoisotopic (exact) mass is 235 g/mol. The molecule has 0 bridgehead atoms. The summed E-state index contributed by atoms with van der Waals surface area (Å²) in [6, 6.07) is 8.16. The molecule has 0 spiro atoms. The Labute approximate surface area is 103 Å². The average molecular weight is 235 g/mol. The lowest BCUT2D eigenvalue weighted by molar-refractivity contribution is 0.0384. The third-order valence-electron chi connectivity index (χ3n) is 3.33. The Morgan fingerprint density at radius 2 is 2.12 bits per heavy atom. The molecular weight excluding hydrogens is 214 g/mol. The first kappa shape index (κ1) is 12.4. The van der Waals surface area contributed by atoms with Gasteiger partial charge in [0.15, 0.2) is 0 Å². The maximum Gasteiger partial charge on any atom is 0.0761 e. The van der Waals surface area contributed by atoms with E-state index < -0.39 is 6.10 Å². The molecule has 0 radical (unpaired) electrons. The van der Waals surface area contributed by atoms with Crippen LogP contribution in [0.1, 0.15) is 31.9 Å². The smallest absolute Gasteiger partial charge is 0.0761 e. The Kier molecular flexibility index (Phi) is 4.02. The largest absolute Gasteiger partial charge is 0.389 e. The lowest BCUT2D eigenvalue weighted by atomic mass is 10.1. The van der Waals surface area contributed by atoms with E-state index in [1.807, 2.05) is 12.1 Å². The zero-order valence-corrected chi connectivity index (χ0v) is 10.6. The summed E-state index contributed by atoms with van der Waals surface area (Å²) >= 11 is 0. The molecule has 1 saturated heterocycles. The molecule has 3 nitrogen and oxygen atoms in total. The van der Waals surface area contributed by atoms with Gasteiger partial charge in [0.25, 0.3) is 0 Å². The molecular formula is C14H21NO2. The van der Waals surface area contributed by atoms with Crippen LogP contribution in [-0.2, 0) is 4.74 Å². The molecule has 94 valence electrons. The molecule has 0 saturated carbocycles. The lowest BCUT2D eigenvalue weighted by Gasteiger charge is -2.34. The first-order chi connectivity index (χ1) is 8.20. The van der Waals surface area contributed by atoms with Crippen molar-refractivity contribution in [2.75, 3.05) is 24.6 Å². The van der Waals surface area contributed by atoms with Gasteiger partial charge in [-0.2, -0.15) is 0 Å². The van der Waals surface area contributed by atoms with Crippen LogP contribution in [0, 0.1) is 0 Å². The Hall–Kier alpha value is -1.06. The minimum Gasteiger partial charge on any atom is -0.389 e. The molecule has 0 aliphatic carbocycles. The third-order valence-corrected chi connectivity index (χ3v) is 3.33. The number of benzene rings is 1. The molecule has 2 rings (SSSR count). The Morgan fingerprint density at radius 3 is 2.71 bits per heavy atom. The maximum atomic E-state index is 9.47. The lowest BCUT2D eigenvalue weighted by Crippen LogP contribution is -2.42. The second-order valence-electron chi connectivity index (χ2n) is 4.61. The minimum atomic E-state index is -0.392. The number of hydrogen-bond donors (Lipinski definition) is 1.